The van der Waals surface area contributed by atoms with Crippen molar-refractivity contribution in [2.45, 2.75) is 50.0 Å². The van der Waals surface area contributed by atoms with Crippen LogP contribution in [0.25, 0.3) is 0 Å². The first-order chi connectivity index (χ1) is 18.7. The Morgan fingerprint density at radius 2 is 1.33 bits per heavy atom. The Balaban J connectivity index is 1.66. The zero-order chi connectivity index (χ0) is 28.2. The highest BCUT2D eigenvalue weighted by Gasteiger charge is 2.29. The van der Waals surface area contributed by atoms with Crippen LogP contribution in [0, 0.1) is 5.92 Å². The van der Waals surface area contributed by atoms with Gasteiger partial charge in [-0.2, -0.15) is 0 Å². The molecule has 8 N–H and O–H groups in total. The molecule has 3 aromatic rings. The van der Waals surface area contributed by atoms with Gasteiger partial charge < -0.3 is 32.1 Å². The maximum absolute atomic E-state index is 13.3. The van der Waals surface area contributed by atoms with E-state index in [9.17, 15) is 24.9 Å². The van der Waals surface area contributed by atoms with Crippen LogP contribution in [0.15, 0.2) is 97.1 Å². The molecule has 0 fully saturated rings. The smallest absolute Gasteiger partial charge is 0.240 e. The molecule has 0 radical (unpaired) electrons. The molecule has 0 spiro atoms. The molecule has 206 valence electrons. The minimum absolute atomic E-state index is 0.154. The molecule has 0 saturated heterocycles. The van der Waals surface area contributed by atoms with E-state index in [1.54, 1.807) is 30.3 Å². The number of nitrogens with one attached hydrogen (secondary N) is 1. The largest absolute Gasteiger partial charge is 0.508 e. The van der Waals surface area contributed by atoms with E-state index in [0.29, 0.717) is 6.42 Å². The fourth-order valence-electron chi connectivity index (χ4n) is 4.29. The Morgan fingerprint density at radius 3 is 1.90 bits per heavy atom. The number of hydrogen-bond donors (Lipinski definition) is 6. The van der Waals surface area contributed by atoms with Gasteiger partial charge in [0.2, 0.25) is 11.8 Å². The number of carbonyl (C=O) groups is 2. The highest BCUT2D eigenvalue weighted by molar-refractivity contribution is 5.88. The topological polar surface area (TPSA) is 159 Å². The lowest BCUT2D eigenvalue weighted by Crippen LogP contribution is -2.50. The van der Waals surface area contributed by atoms with Crippen molar-refractivity contribution in [3.05, 3.63) is 114 Å². The number of phenols is 1. The van der Waals surface area contributed by atoms with Gasteiger partial charge in [0.25, 0.3) is 0 Å². The van der Waals surface area contributed by atoms with Crippen LogP contribution in [-0.2, 0) is 28.9 Å². The van der Waals surface area contributed by atoms with Crippen molar-refractivity contribution in [3.8, 4) is 5.75 Å². The Morgan fingerprint density at radius 1 is 0.795 bits per heavy atom. The van der Waals surface area contributed by atoms with Gasteiger partial charge in [-0.25, -0.2) is 0 Å². The summed E-state index contributed by atoms with van der Waals surface area (Å²) in [5, 5.41) is 33.6. The first-order valence-electron chi connectivity index (χ1n) is 13.0. The minimum atomic E-state index is -1.18. The summed E-state index contributed by atoms with van der Waals surface area (Å²) in [5.41, 5.74) is 14.3. The zero-order valence-corrected chi connectivity index (χ0v) is 21.8. The standard InChI is InChI=1S/C31H37N3O5/c32-26(19-23-14-16-24(35)17-15-23)29(37)13-7-12-28(36)25(18-21-8-3-1-4-9-21)31(39)34-27(30(33)38)20-22-10-5-2-6-11-22/h1-12,14-17,25-29,35-37H,13,18-20,32H2,(H2,33,38)(H,34,39)/b12-7+/t25-,26-,27-,28+,29-/m0/s1. The fourth-order valence-corrected chi connectivity index (χ4v) is 4.29. The van der Waals surface area contributed by atoms with Crippen molar-refractivity contribution < 1.29 is 24.9 Å². The highest BCUT2D eigenvalue weighted by atomic mass is 16.3. The van der Waals surface area contributed by atoms with E-state index in [-0.39, 0.29) is 25.0 Å². The number of rotatable bonds is 14. The van der Waals surface area contributed by atoms with Gasteiger partial charge in [-0.3, -0.25) is 9.59 Å². The van der Waals surface area contributed by atoms with Crippen LogP contribution < -0.4 is 16.8 Å². The number of aliphatic hydroxyl groups excluding tert-OH is 2. The first kappa shape index (κ1) is 29.6. The molecule has 2 amide bonds. The molecule has 8 nitrogen and oxygen atoms in total. The van der Waals surface area contributed by atoms with E-state index >= 15 is 0 Å². The minimum Gasteiger partial charge on any atom is -0.508 e. The lowest BCUT2D eigenvalue weighted by Gasteiger charge is -2.24. The number of nitrogens with two attached hydrogens (primary N) is 2. The van der Waals surface area contributed by atoms with Crippen LogP contribution in [0.2, 0.25) is 0 Å². The number of aromatic hydroxyl groups is 1. The average molecular weight is 532 g/mol. The molecular weight excluding hydrogens is 494 g/mol. The summed E-state index contributed by atoms with van der Waals surface area (Å²) in [6.07, 6.45) is 2.06. The number of hydrogen-bond acceptors (Lipinski definition) is 6. The van der Waals surface area contributed by atoms with E-state index in [2.05, 4.69) is 5.32 Å². The highest BCUT2D eigenvalue weighted by Crippen LogP contribution is 2.17. The maximum Gasteiger partial charge on any atom is 0.240 e. The number of amides is 2. The Hall–Kier alpha value is -3.98. The predicted molar refractivity (Wildman–Crippen MR) is 150 cm³/mol. The van der Waals surface area contributed by atoms with E-state index in [1.807, 2.05) is 60.7 Å². The summed E-state index contributed by atoms with van der Waals surface area (Å²) < 4.78 is 0. The van der Waals surface area contributed by atoms with Crippen molar-refractivity contribution in [3.63, 3.8) is 0 Å². The Labute approximate surface area is 229 Å². The second kappa shape index (κ2) is 14.8. The summed E-state index contributed by atoms with van der Waals surface area (Å²) in [4.78, 5) is 25.5. The predicted octanol–water partition coefficient (Wildman–Crippen LogP) is 2.00. The molecular formula is C31H37N3O5. The van der Waals surface area contributed by atoms with Crippen LogP contribution in [0.5, 0.6) is 5.75 Å². The second-order valence-corrected chi connectivity index (χ2v) is 9.71. The summed E-state index contributed by atoms with van der Waals surface area (Å²) >= 11 is 0. The van der Waals surface area contributed by atoms with Gasteiger partial charge in [0.15, 0.2) is 0 Å². The third kappa shape index (κ3) is 9.68. The normalized spacial score (nSPS) is 15.3. The van der Waals surface area contributed by atoms with Gasteiger partial charge in [0, 0.05) is 12.5 Å². The second-order valence-electron chi connectivity index (χ2n) is 9.71. The van der Waals surface area contributed by atoms with Gasteiger partial charge in [0.05, 0.1) is 18.1 Å². The summed E-state index contributed by atoms with van der Waals surface area (Å²) in [6, 6.07) is 23.6. The number of aliphatic hydroxyl groups is 2. The summed E-state index contributed by atoms with van der Waals surface area (Å²) in [6.45, 7) is 0. The zero-order valence-electron chi connectivity index (χ0n) is 21.8. The average Bonchev–Trinajstić information content (AvgIpc) is 2.93. The third-order valence-corrected chi connectivity index (χ3v) is 6.60. The molecule has 3 aromatic carbocycles. The molecule has 39 heavy (non-hydrogen) atoms. The van der Waals surface area contributed by atoms with E-state index in [4.69, 9.17) is 11.5 Å². The molecule has 8 heteroatoms. The number of carbonyl (C=O) groups excluding carboxylic acids is 2. The van der Waals surface area contributed by atoms with E-state index in [1.165, 1.54) is 6.08 Å². The maximum atomic E-state index is 13.3. The molecule has 0 bridgehead atoms. The molecule has 0 aliphatic carbocycles. The van der Waals surface area contributed by atoms with Crippen molar-refractivity contribution in [2.75, 3.05) is 0 Å². The van der Waals surface area contributed by atoms with Crippen molar-refractivity contribution in [2.24, 2.45) is 17.4 Å². The van der Waals surface area contributed by atoms with Gasteiger partial charge in [-0.1, -0.05) is 84.9 Å². The molecule has 0 aliphatic heterocycles. The molecule has 0 aliphatic rings. The van der Waals surface area contributed by atoms with Crippen LogP contribution >= 0.6 is 0 Å². The lowest BCUT2D eigenvalue weighted by molar-refractivity contribution is -0.131. The van der Waals surface area contributed by atoms with Gasteiger partial charge in [0.1, 0.15) is 11.8 Å². The summed E-state index contributed by atoms with van der Waals surface area (Å²) in [5.74, 6) is -1.91. The third-order valence-electron chi connectivity index (χ3n) is 6.60. The number of primary amides is 1. The van der Waals surface area contributed by atoms with Crippen LogP contribution in [0.4, 0.5) is 0 Å². The number of phenolic OH excluding ortho intramolecular Hbond substituents is 1. The molecule has 0 saturated carbocycles. The van der Waals surface area contributed by atoms with E-state index in [0.717, 1.165) is 16.7 Å². The van der Waals surface area contributed by atoms with Crippen molar-refractivity contribution in [1.29, 1.82) is 0 Å². The van der Waals surface area contributed by atoms with Gasteiger partial charge >= 0.3 is 0 Å². The first-order valence-corrected chi connectivity index (χ1v) is 13.0. The fraction of sp³-hybridized carbons (Fsp3) is 0.290. The monoisotopic (exact) mass is 531 g/mol. The molecule has 3 rings (SSSR count). The van der Waals surface area contributed by atoms with Crippen LogP contribution in [0.1, 0.15) is 23.1 Å². The number of benzene rings is 3. The Bertz CT molecular complexity index is 1200. The van der Waals surface area contributed by atoms with E-state index < -0.39 is 42.0 Å². The molecule has 5 atom stereocenters. The van der Waals surface area contributed by atoms with Crippen molar-refractivity contribution >= 4 is 11.8 Å². The quantitative estimate of drug-likeness (QED) is 0.175. The van der Waals surface area contributed by atoms with Crippen LogP contribution in [0.3, 0.4) is 0 Å². The van der Waals surface area contributed by atoms with Gasteiger partial charge in [-0.15, -0.1) is 0 Å². The summed E-state index contributed by atoms with van der Waals surface area (Å²) in [7, 11) is 0. The van der Waals surface area contributed by atoms with Crippen LogP contribution in [-0.4, -0.2) is 51.4 Å². The molecule has 0 aromatic heterocycles. The molecule has 0 heterocycles. The molecule has 0 unspecified atom stereocenters. The SMILES string of the molecule is NC(=O)[C@H](Cc1ccccc1)NC(=O)[C@@H](Cc1ccccc1)[C@H](O)/C=C/C[C@H](O)[C@@H](N)Cc1ccc(O)cc1. The van der Waals surface area contributed by atoms with Crippen molar-refractivity contribution in [1.82, 2.24) is 5.32 Å². The van der Waals surface area contributed by atoms with Gasteiger partial charge in [-0.05, 0) is 48.1 Å². The Kier molecular flexibility index (Phi) is 11.2. The lowest BCUT2D eigenvalue weighted by atomic mass is 9.91.